The molecule has 0 aliphatic rings. The van der Waals surface area contributed by atoms with E-state index in [1.807, 2.05) is 12.1 Å². The van der Waals surface area contributed by atoms with Gasteiger partial charge in [-0.25, -0.2) is 4.39 Å². The van der Waals surface area contributed by atoms with Crippen LogP contribution in [0.25, 0.3) is 0 Å². The molecule has 0 aromatic heterocycles. The van der Waals surface area contributed by atoms with Gasteiger partial charge in [-0.2, -0.15) is 0 Å². The third-order valence-corrected chi connectivity index (χ3v) is 4.40. The molecule has 2 nitrogen and oxygen atoms in total. The molecule has 0 spiro atoms. The second-order valence-electron chi connectivity index (χ2n) is 4.88. The Kier molecular flexibility index (Phi) is 6.80. The molecule has 0 bridgehead atoms. The summed E-state index contributed by atoms with van der Waals surface area (Å²) in [5.74, 6) is -0.195. The molecule has 0 aliphatic heterocycles. The number of rotatable bonds is 7. The fourth-order valence-corrected chi connectivity index (χ4v) is 2.58. The van der Waals surface area contributed by atoms with Gasteiger partial charge in [-0.05, 0) is 47.3 Å². The summed E-state index contributed by atoms with van der Waals surface area (Å²) >= 11 is 3.32. The second kappa shape index (κ2) is 7.85. The van der Waals surface area contributed by atoms with Crippen molar-refractivity contribution >= 4 is 21.6 Å². The summed E-state index contributed by atoms with van der Waals surface area (Å²) in [5.41, 5.74) is 7.08. The van der Waals surface area contributed by atoms with E-state index in [-0.39, 0.29) is 5.82 Å². The number of unbranched alkanes of at least 4 members (excludes halogenated alkanes) is 1. The van der Waals surface area contributed by atoms with E-state index in [4.69, 9.17) is 5.73 Å². The normalized spacial score (nSPS) is 12.5. The van der Waals surface area contributed by atoms with Crippen LogP contribution in [0.3, 0.4) is 0 Å². The van der Waals surface area contributed by atoms with Crippen LogP contribution in [0.2, 0.25) is 0 Å². The summed E-state index contributed by atoms with van der Waals surface area (Å²) in [4.78, 5) is 2.16. The van der Waals surface area contributed by atoms with Crippen molar-refractivity contribution in [1.29, 1.82) is 0 Å². The van der Waals surface area contributed by atoms with E-state index in [2.05, 4.69) is 41.6 Å². The minimum Gasteiger partial charge on any atom is -0.366 e. The molecule has 1 rings (SSSR count). The lowest BCUT2D eigenvalue weighted by molar-refractivity contribution is 0.561. The van der Waals surface area contributed by atoms with Gasteiger partial charge in [0.15, 0.2) is 5.82 Å². The van der Waals surface area contributed by atoms with Crippen LogP contribution in [0.15, 0.2) is 16.6 Å². The maximum absolute atomic E-state index is 14.5. The molecular formula is C15H24BrFN2. The number of benzene rings is 1. The third kappa shape index (κ3) is 3.93. The zero-order valence-electron chi connectivity index (χ0n) is 12.0. The van der Waals surface area contributed by atoms with Crippen LogP contribution in [-0.4, -0.2) is 12.6 Å². The fourth-order valence-electron chi connectivity index (χ4n) is 2.09. The van der Waals surface area contributed by atoms with E-state index < -0.39 is 0 Å². The van der Waals surface area contributed by atoms with Crippen LogP contribution >= 0.6 is 15.9 Å². The monoisotopic (exact) mass is 330 g/mol. The highest BCUT2D eigenvalue weighted by Crippen LogP contribution is 2.31. The van der Waals surface area contributed by atoms with E-state index >= 15 is 0 Å². The highest BCUT2D eigenvalue weighted by Gasteiger charge is 2.19. The maximum atomic E-state index is 14.5. The Morgan fingerprint density at radius 2 is 2.05 bits per heavy atom. The van der Waals surface area contributed by atoms with Gasteiger partial charge >= 0.3 is 0 Å². The zero-order valence-corrected chi connectivity index (χ0v) is 13.6. The Labute approximate surface area is 124 Å². The molecule has 1 unspecified atom stereocenters. The van der Waals surface area contributed by atoms with Crippen molar-refractivity contribution in [3.8, 4) is 0 Å². The Hall–Kier alpha value is -0.610. The van der Waals surface area contributed by atoms with Gasteiger partial charge in [0, 0.05) is 19.1 Å². The predicted molar refractivity (Wildman–Crippen MR) is 84.0 cm³/mol. The van der Waals surface area contributed by atoms with Crippen molar-refractivity contribution in [3.63, 3.8) is 0 Å². The molecule has 19 heavy (non-hydrogen) atoms. The van der Waals surface area contributed by atoms with Gasteiger partial charge in [0.1, 0.15) is 0 Å². The van der Waals surface area contributed by atoms with E-state index in [1.165, 1.54) is 0 Å². The average Bonchev–Trinajstić information content (AvgIpc) is 2.43. The standard InChI is InChI=1S/C15H24BrFN2/c1-4-6-9-19(11(3)5-2)13-8-7-12(10-18)14(16)15(13)17/h7-8,11H,4-6,9-10,18H2,1-3H3. The number of halogens is 2. The largest absolute Gasteiger partial charge is 0.366 e. The Balaban J connectivity index is 3.11. The summed E-state index contributed by atoms with van der Waals surface area (Å²) in [6.45, 7) is 7.65. The SMILES string of the molecule is CCCCN(c1ccc(CN)c(Br)c1F)C(C)CC. The molecule has 1 aromatic carbocycles. The summed E-state index contributed by atoms with van der Waals surface area (Å²) in [5, 5.41) is 0. The number of hydrogen-bond donors (Lipinski definition) is 1. The lowest BCUT2D eigenvalue weighted by Gasteiger charge is -2.31. The van der Waals surface area contributed by atoms with Crippen molar-refractivity contribution in [1.82, 2.24) is 0 Å². The quantitative estimate of drug-likeness (QED) is 0.800. The number of hydrogen-bond acceptors (Lipinski definition) is 2. The van der Waals surface area contributed by atoms with Crippen molar-refractivity contribution in [3.05, 3.63) is 28.0 Å². The predicted octanol–water partition coefficient (Wildman–Crippen LogP) is 4.45. The van der Waals surface area contributed by atoms with Crippen LogP contribution in [0.1, 0.15) is 45.6 Å². The highest BCUT2D eigenvalue weighted by molar-refractivity contribution is 9.10. The number of nitrogens with two attached hydrogens (primary N) is 1. The number of nitrogens with zero attached hydrogens (tertiary/aromatic N) is 1. The first-order valence-electron chi connectivity index (χ1n) is 7.00. The molecular weight excluding hydrogens is 307 g/mol. The summed E-state index contributed by atoms with van der Waals surface area (Å²) in [7, 11) is 0. The first-order valence-corrected chi connectivity index (χ1v) is 7.79. The summed E-state index contributed by atoms with van der Waals surface area (Å²) < 4.78 is 15.0. The molecule has 0 heterocycles. The van der Waals surface area contributed by atoms with Crippen molar-refractivity contribution in [2.75, 3.05) is 11.4 Å². The van der Waals surface area contributed by atoms with Crippen LogP contribution in [-0.2, 0) is 6.54 Å². The van der Waals surface area contributed by atoms with Gasteiger partial charge < -0.3 is 10.6 Å². The van der Waals surface area contributed by atoms with Gasteiger partial charge in [0.2, 0.25) is 0 Å². The van der Waals surface area contributed by atoms with Crippen LogP contribution < -0.4 is 10.6 Å². The molecule has 4 heteroatoms. The Morgan fingerprint density at radius 3 is 2.58 bits per heavy atom. The zero-order chi connectivity index (χ0) is 14.4. The van der Waals surface area contributed by atoms with Gasteiger partial charge in [0.25, 0.3) is 0 Å². The Morgan fingerprint density at radius 1 is 1.37 bits per heavy atom. The fraction of sp³-hybridized carbons (Fsp3) is 0.600. The van der Waals surface area contributed by atoms with Gasteiger partial charge in [0.05, 0.1) is 10.2 Å². The minimum atomic E-state index is -0.195. The Bertz CT molecular complexity index is 409. The molecule has 0 radical (unpaired) electrons. The summed E-state index contributed by atoms with van der Waals surface area (Å²) in [6.07, 6.45) is 3.18. The van der Waals surface area contributed by atoms with E-state index in [0.717, 1.165) is 31.4 Å². The minimum absolute atomic E-state index is 0.195. The van der Waals surface area contributed by atoms with E-state index in [1.54, 1.807) is 0 Å². The van der Waals surface area contributed by atoms with Crippen LogP contribution in [0.5, 0.6) is 0 Å². The number of anilines is 1. The lowest BCUT2D eigenvalue weighted by Crippen LogP contribution is -2.34. The molecule has 0 saturated carbocycles. The van der Waals surface area contributed by atoms with Gasteiger partial charge in [-0.3, -0.25) is 0 Å². The maximum Gasteiger partial charge on any atom is 0.160 e. The summed E-state index contributed by atoms with van der Waals surface area (Å²) in [6, 6.07) is 4.09. The lowest BCUT2D eigenvalue weighted by atomic mass is 10.1. The first kappa shape index (κ1) is 16.4. The first-order chi connectivity index (χ1) is 9.06. The average molecular weight is 331 g/mol. The van der Waals surface area contributed by atoms with Crippen molar-refractivity contribution in [2.24, 2.45) is 5.73 Å². The molecule has 0 amide bonds. The van der Waals surface area contributed by atoms with Crippen LogP contribution in [0.4, 0.5) is 10.1 Å². The van der Waals surface area contributed by atoms with Gasteiger partial charge in [-0.15, -0.1) is 0 Å². The smallest absolute Gasteiger partial charge is 0.160 e. The molecule has 2 N–H and O–H groups in total. The molecule has 0 fully saturated rings. The molecule has 0 saturated heterocycles. The van der Waals surface area contributed by atoms with Crippen molar-refractivity contribution in [2.45, 2.75) is 52.6 Å². The molecule has 1 aromatic rings. The van der Waals surface area contributed by atoms with Crippen LogP contribution in [0, 0.1) is 5.82 Å². The molecule has 108 valence electrons. The van der Waals surface area contributed by atoms with E-state index in [9.17, 15) is 4.39 Å². The molecule has 1 atom stereocenters. The topological polar surface area (TPSA) is 29.3 Å². The van der Waals surface area contributed by atoms with E-state index in [0.29, 0.717) is 22.7 Å². The highest BCUT2D eigenvalue weighted by atomic mass is 79.9. The second-order valence-corrected chi connectivity index (χ2v) is 5.67. The van der Waals surface area contributed by atoms with Crippen molar-refractivity contribution < 1.29 is 4.39 Å². The molecule has 0 aliphatic carbocycles. The van der Waals surface area contributed by atoms with Gasteiger partial charge in [-0.1, -0.05) is 26.3 Å². The third-order valence-electron chi connectivity index (χ3n) is 3.55.